The van der Waals surface area contributed by atoms with Gasteiger partial charge in [-0.25, -0.2) is 9.20 Å². The Balaban J connectivity index is 1.85. The van der Waals surface area contributed by atoms with E-state index in [0.29, 0.717) is 16.4 Å². The van der Waals surface area contributed by atoms with E-state index in [1.165, 1.54) is 15.3 Å². The van der Waals surface area contributed by atoms with E-state index < -0.39 is 11.7 Å². The topological polar surface area (TPSA) is 35.1 Å². The Hall–Kier alpha value is -2.54. The van der Waals surface area contributed by atoms with Crippen LogP contribution in [0.3, 0.4) is 0 Å². The Morgan fingerprint density at radius 2 is 1.85 bits per heavy atom. The molecule has 8 heteroatoms. The summed E-state index contributed by atoms with van der Waals surface area (Å²) in [4.78, 5) is 0. The van der Waals surface area contributed by atoms with Crippen molar-refractivity contribution in [3.8, 4) is 5.82 Å². The molecule has 3 aromatic heterocycles. The van der Waals surface area contributed by atoms with Gasteiger partial charge in [-0.05, 0) is 31.0 Å². The third kappa shape index (κ3) is 2.23. The molecule has 1 saturated carbocycles. The maximum absolute atomic E-state index is 13.7. The third-order valence-corrected chi connectivity index (χ3v) is 4.98. The molecule has 0 N–H and O–H groups in total. The molecule has 0 spiro atoms. The van der Waals surface area contributed by atoms with Crippen LogP contribution in [-0.2, 0) is 6.18 Å². The number of rotatable bonds is 2. The van der Waals surface area contributed by atoms with Crippen molar-refractivity contribution < 1.29 is 13.2 Å². The van der Waals surface area contributed by atoms with Gasteiger partial charge in [-0.3, -0.25) is 0 Å². The summed E-state index contributed by atoms with van der Waals surface area (Å²) in [5.74, 6) is 0.292. The number of hydrogen-bond donors (Lipinski definition) is 0. The van der Waals surface area contributed by atoms with Gasteiger partial charge in [0.2, 0.25) is 0 Å². The average molecular weight is 377 g/mol. The lowest BCUT2D eigenvalue weighted by atomic mass is 10.1. The molecule has 1 aromatic carbocycles. The Morgan fingerprint density at radius 1 is 1.08 bits per heavy atom. The highest BCUT2D eigenvalue weighted by atomic mass is 35.5. The second kappa shape index (κ2) is 5.23. The number of benzene rings is 1. The van der Waals surface area contributed by atoms with Crippen LogP contribution in [0.15, 0.2) is 42.6 Å². The van der Waals surface area contributed by atoms with Crippen LogP contribution in [0.4, 0.5) is 13.2 Å². The summed E-state index contributed by atoms with van der Waals surface area (Å²) in [5, 5.41) is 9.93. The molecular formula is C18H12ClF3N4. The van der Waals surface area contributed by atoms with Crippen LogP contribution in [0.25, 0.3) is 22.2 Å². The standard InChI is InChI=1S/C18H12ClF3N4/c19-12-4-1-3-11-9-23-26(17(11)12)14-6-2-5-13-15(18(20,21)22)16(10-7-8-10)24-25(13)14/h1-6,9-10H,7-8H2. The van der Waals surface area contributed by atoms with E-state index in [2.05, 4.69) is 10.2 Å². The maximum atomic E-state index is 13.7. The van der Waals surface area contributed by atoms with Crippen molar-refractivity contribution in [2.45, 2.75) is 24.9 Å². The van der Waals surface area contributed by atoms with E-state index in [4.69, 9.17) is 11.6 Å². The summed E-state index contributed by atoms with van der Waals surface area (Å²) in [6, 6.07) is 10.1. The number of nitrogens with zero attached hydrogens (tertiary/aromatic N) is 4. The molecule has 4 nitrogen and oxygen atoms in total. The zero-order chi connectivity index (χ0) is 18.1. The van der Waals surface area contributed by atoms with Crippen LogP contribution in [0.2, 0.25) is 5.02 Å². The van der Waals surface area contributed by atoms with E-state index in [-0.39, 0.29) is 17.1 Å². The first-order valence-electron chi connectivity index (χ1n) is 8.16. The molecule has 0 saturated heterocycles. The minimum absolute atomic E-state index is 0.0348. The molecule has 5 rings (SSSR count). The molecule has 0 unspecified atom stereocenters. The van der Waals surface area contributed by atoms with Crippen LogP contribution in [0.1, 0.15) is 30.0 Å². The summed E-state index contributed by atoms with van der Waals surface area (Å²) >= 11 is 6.30. The van der Waals surface area contributed by atoms with Crippen LogP contribution in [0, 0.1) is 0 Å². The SMILES string of the molecule is FC(F)(F)c1c(C2CC2)nn2c(-n3ncc4cccc(Cl)c43)cccc12. The predicted octanol–water partition coefficient (Wildman–Crippen LogP) is 5.22. The quantitative estimate of drug-likeness (QED) is 0.480. The van der Waals surface area contributed by atoms with Gasteiger partial charge >= 0.3 is 6.18 Å². The van der Waals surface area contributed by atoms with E-state index in [1.54, 1.807) is 30.5 Å². The largest absolute Gasteiger partial charge is 0.420 e. The number of fused-ring (bicyclic) bond motifs is 2. The van der Waals surface area contributed by atoms with Gasteiger partial charge in [0.15, 0.2) is 5.82 Å². The zero-order valence-corrected chi connectivity index (χ0v) is 14.1. The Morgan fingerprint density at radius 3 is 2.58 bits per heavy atom. The van der Waals surface area contributed by atoms with Crippen molar-refractivity contribution in [2.75, 3.05) is 0 Å². The van der Waals surface area contributed by atoms with Crippen molar-refractivity contribution in [3.63, 3.8) is 0 Å². The minimum atomic E-state index is -4.46. The smallest absolute Gasteiger partial charge is 0.214 e. The van der Waals surface area contributed by atoms with Gasteiger partial charge in [-0.15, -0.1) is 0 Å². The van der Waals surface area contributed by atoms with Crippen LogP contribution >= 0.6 is 11.6 Å². The fraction of sp³-hybridized carbons (Fsp3) is 0.222. The number of aromatic nitrogens is 4. The van der Waals surface area contributed by atoms with Crippen LogP contribution in [0.5, 0.6) is 0 Å². The summed E-state index contributed by atoms with van der Waals surface area (Å²) in [7, 11) is 0. The molecule has 1 aliphatic rings. The molecule has 132 valence electrons. The number of alkyl halides is 3. The van der Waals surface area contributed by atoms with E-state index >= 15 is 0 Å². The second-order valence-electron chi connectivity index (χ2n) is 6.45. The fourth-order valence-corrected chi connectivity index (χ4v) is 3.64. The molecule has 4 aromatic rings. The van der Waals surface area contributed by atoms with E-state index in [0.717, 1.165) is 18.2 Å². The molecule has 0 radical (unpaired) electrons. The first-order valence-corrected chi connectivity index (χ1v) is 8.54. The highest BCUT2D eigenvalue weighted by Crippen LogP contribution is 2.47. The van der Waals surface area contributed by atoms with Gasteiger partial charge in [0, 0.05) is 11.3 Å². The number of hydrogen-bond acceptors (Lipinski definition) is 2. The summed E-state index contributed by atoms with van der Waals surface area (Å²) in [5.41, 5.74) is 0.142. The predicted molar refractivity (Wildman–Crippen MR) is 91.8 cm³/mol. The molecule has 0 aliphatic heterocycles. The lowest BCUT2D eigenvalue weighted by Gasteiger charge is -2.09. The summed E-state index contributed by atoms with van der Waals surface area (Å²) in [6.45, 7) is 0. The van der Waals surface area contributed by atoms with Gasteiger partial charge in [-0.2, -0.15) is 23.4 Å². The van der Waals surface area contributed by atoms with Crippen molar-refractivity contribution in [1.29, 1.82) is 0 Å². The second-order valence-corrected chi connectivity index (χ2v) is 6.85. The monoisotopic (exact) mass is 376 g/mol. The van der Waals surface area contributed by atoms with Crippen molar-refractivity contribution in [2.24, 2.45) is 0 Å². The van der Waals surface area contributed by atoms with E-state index in [1.807, 2.05) is 6.07 Å². The Kier molecular flexibility index (Phi) is 3.16. The number of halogens is 4. The van der Waals surface area contributed by atoms with Gasteiger partial charge in [0.05, 0.1) is 27.9 Å². The van der Waals surface area contributed by atoms with Gasteiger partial charge in [0.1, 0.15) is 5.56 Å². The van der Waals surface area contributed by atoms with Gasteiger partial charge < -0.3 is 0 Å². The summed E-state index contributed by atoms with van der Waals surface area (Å²) < 4.78 is 43.9. The molecular weight excluding hydrogens is 365 g/mol. The Bertz CT molecular complexity index is 1150. The maximum Gasteiger partial charge on any atom is 0.420 e. The highest BCUT2D eigenvalue weighted by Gasteiger charge is 2.43. The molecule has 0 atom stereocenters. The molecule has 0 bridgehead atoms. The molecule has 1 fully saturated rings. The Labute approximate surface area is 150 Å². The van der Waals surface area contributed by atoms with Crippen LogP contribution < -0.4 is 0 Å². The lowest BCUT2D eigenvalue weighted by molar-refractivity contribution is -0.137. The van der Waals surface area contributed by atoms with Gasteiger partial charge in [-0.1, -0.05) is 29.8 Å². The fourth-order valence-electron chi connectivity index (χ4n) is 3.38. The average Bonchev–Trinajstić information content (AvgIpc) is 3.21. The van der Waals surface area contributed by atoms with Gasteiger partial charge in [0.25, 0.3) is 0 Å². The third-order valence-electron chi connectivity index (χ3n) is 4.67. The molecule has 3 heterocycles. The first kappa shape index (κ1) is 15.7. The minimum Gasteiger partial charge on any atom is -0.214 e. The van der Waals surface area contributed by atoms with Crippen molar-refractivity contribution in [3.05, 3.63) is 58.9 Å². The number of para-hydroxylation sites is 1. The first-order chi connectivity index (χ1) is 12.4. The molecule has 26 heavy (non-hydrogen) atoms. The normalized spacial score (nSPS) is 15.2. The molecule has 1 aliphatic carbocycles. The lowest BCUT2D eigenvalue weighted by Crippen LogP contribution is -2.08. The van der Waals surface area contributed by atoms with E-state index in [9.17, 15) is 13.2 Å². The van der Waals surface area contributed by atoms with Crippen molar-refractivity contribution in [1.82, 2.24) is 19.4 Å². The van der Waals surface area contributed by atoms with Crippen LogP contribution in [-0.4, -0.2) is 19.4 Å². The highest BCUT2D eigenvalue weighted by molar-refractivity contribution is 6.35. The summed E-state index contributed by atoms with van der Waals surface area (Å²) in [6.07, 6.45) is -1.35. The molecule has 0 amide bonds. The zero-order valence-electron chi connectivity index (χ0n) is 13.3. The van der Waals surface area contributed by atoms with Crippen molar-refractivity contribution >= 4 is 28.0 Å². The number of pyridine rings is 1.